The molecule has 2 aromatic heterocycles. The molecule has 4 unspecified atom stereocenters. The van der Waals surface area contributed by atoms with Crippen LogP contribution in [0.25, 0.3) is 0 Å². The van der Waals surface area contributed by atoms with E-state index in [0.29, 0.717) is 43.2 Å². The molecular weight excluding hydrogens is 414 g/mol. The summed E-state index contributed by atoms with van der Waals surface area (Å²) in [6.45, 7) is 6.26. The molecule has 1 aliphatic carbocycles. The summed E-state index contributed by atoms with van der Waals surface area (Å²) in [5, 5.41) is 3.29. The third-order valence-corrected chi connectivity index (χ3v) is 7.80. The monoisotopic (exact) mass is 442 g/mol. The third kappa shape index (κ3) is 4.49. The van der Waals surface area contributed by atoms with Crippen LogP contribution in [0.5, 0.6) is 0 Å². The van der Waals surface area contributed by atoms with Crippen LogP contribution < -0.4 is 10.2 Å². The Morgan fingerprint density at radius 1 is 1.26 bits per heavy atom. The highest BCUT2D eigenvalue weighted by atomic mass is 31.2. The fourth-order valence-corrected chi connectivity index (χ4v) is 5.66. The normalized spacial score (nSPS) is 27.6. The Kier molecular flexibility index (Phi) is 5.51. The highest BCUT2D eigenvalue weighted by Gasteiger charge is 2.43. The number of aryl methyl sites for hydroxylation is 1. The average Bonchev–Trinajstić information content (AvgIpc) is 3.13. The Morgan fingerprint density at radius 3 is 2.81 bits per heavy atom. The van der Waals surface area contributed by atoms with E-state index in [4.69, 9.17) is 4.98 Å². The maximum atomic E-state index is 13.9. The number of halogens is 1. The van der Waals surface area contributed by atoms with Gasteiger partial charge < -0.3 is 15.1 Å². The van der Waals surface area contributed by atoms with Gasteiger partial charge in [-0.2, -0.15) is 4.98 Å². The summed E-state index contributed by atoms with van der Waals surface area (Å²) in [5.74, 6) is 3.12. The van der Waals surface area contributed by atoms with Crippen molar-refractivity contribution in [2.75, 3.05) is 42.3 Å². The Morgan fingerprint density at radius 2 is 2.10 bits per heavy atom. The van der Waals surface area contributed by atoms with Gasteiger partial charge in [0, 0.05) is 49.9 Å². The largest absolute Gasteiger partial charge is 0.342 e. The van der Waals surface area contributed by atoms with Crippen molar-refractivity contribution in [1.82, 2.24) is 19.9 Å². The maximum absolute atomic E-state index is 13.9. The first-order valence-corrected chi connectivity index (χ1v) is 12.6. The van der Waals surface area contributed by atoms with Gasteiger partial charge in [-0.3, -0.25) is 4.79 Å². The second kappa shape index (κ2) is 8.30. The molecule has 0 aromatic carbocycles. The highest BCUT2D eigenvalue weighted by molar-refractivity contribution is 7.52. The summed E-state index contributed by atoms with van der Waals surface area (Å²) < 4.78 is 13.9. The van der Waals surface area contributed by atoms with Crippen molar-refractivity contribution < 1.29 is 8.99 Å². The summed E-state index contributed by atoms with van der Waals surface area (Å²) in [4.78, 5) is 30.5. The SMILES string of the molecule is Cc1ccnc(Nc2cc(C3CCN(C(=O)C4CC4C)C3)nc(N3CCP(F)C3)n2)c1. The lowest BCUT2D eigenvalue weighted by Gasteiger charge is -2.20. The van der Waals surface area contributed by atoms with E-state index in [1.165, 1.54) is 0 Å². The molecule has 1 saturated carbocycles. The number of anilines is 3. The van der Waals surface area contributed by atoms with Gasteiger partial charge in [-0.15, -0.1) is 0 Å². The van der Waals surface area contributed by atoms with E-state index in [0.717, 1.165) is 36.5 Å². The van der Waals surface area contributed by atoms with E-state index < -0.39 is 8.23 Å². The van der Waals surface area contributed by atoms with Gasteiger partial charge >= 0.3 is 0 Å². The number of rotatable bonds is 5. The zero-order valence-electron chi connectivity index (χ0n) is 18.0. The van der Waals surface area contributed by atoms with E-state index in [-0.39, 0.29) is 17.7 Å². The van der Waals surface area contributed by atoms with E-state index in [2.05, 4.69) is 22.2 Å². The van der Waals surface area contributed by atoms with Crippen LogP contribution in [0.15, 0.2) is 24.4 Å². The summed E-state index contributed by atoms with van der Waals surface area (Å²) in [6.07, 6.45) is 4.61. The van der Waals surface area contributed by atoms with Gasteiger partial charge in [0.1, 0.15) is 19.9 Å². The van der Waals surface area contributed by atoms with Crippen LogP contribution in [0.1, 0.15) is 36.9 Å². The molecule has 9 heteroatoms. The molecule has 1 amide bonds. The molecule has 4 atom stereocenters. The first-order chi connectivity index (χ1) is 15.0. The lowest BCUT2D eigenvalue weighted by Crippen LogP contribution is -2.30. The molecule has 0 radical (unpaired) electrons. The summed E-state index contributed by atoms with van der Waals surface area (Å²) in [7, 11) is -1.47. The Labute approximate surface area is 183 Å². The summed E-state index contributed by atoms with van der Waals surface area (Å²) in [5.41, 5.74) is 2.02. The maximum Gasteiger partial charge on any atom is 0.227 e. The smallest absolute Gasteiger partial charge is 0.227 e. The number of hydrogen-bond acceptors (Lipinski definition) is 6. The molecule has 7 nitrogen and oxygen atoms in total. The molecule has 5 rings (SSSR count). The van der Waals surface area contributed by atoms with Crippen LogP contribution in [0.2, 0.25) is 0 Å². The van der Waals surface area contributed by atoms with Crippen LogP contribution in [-0.2, 0) is 4.79 Å². The summed E-state index contributed by atoms with van der Waals surface area (Å²) >= 11 is 0. The molecule has 2 saturated heterocycles. The van der Waals surface area contributed by atoms with Gasteiger partial charge in [-0.25, -0.2) is 14.2 Å². The summed E-state index contributed by atoms with van der Waals surface area (Å²) in [6, 6.07) is 5.87. The zero-order valence-corrected chi connectivity index (χ0v) is 18.9. The van der Waals surface area contributed by atoms with E-state index in [1.54, 1.807) is 6.20 Å². The minimum absolute atomic E-state index is 0.167. The number of carbonyl (C=O) groups excluding carboxylic acids is 1. The molecular formula is C22H28FN6OP. The molecule has 31 heavy (non-hydrogen) atoms. The minimum atomic E-state index is -1.47. The number of hydrogen-bond donors (Lipinski definition) is 1. The second-order valence-electron chi connectivity index (χ2n) is 9.00. The topological polar surface area (TPSA) is 74.2 Å². The zero-order chi connectivity index (χ0) is 21.5. The first kappa shape index (κ1) is 20.6. The number of nitrogens with one attached hydrogen (secondary N) is 1. The quantitative estimate of drug-likeness (QED) is 0.705. The van der Waals surface area contributed by atoms with Crippen molar-refractivity contribution in [3.63, 3.8) is 0 Å². The number of likely N-dealkylation sites (tertiary alicyclic amines) is 1. The molecule has 2 aliphatic heterocycles. The van der Waals surface area contributed by atoms with Crippen molar-refractivity contribution in [1.29, 1.82) is 0 Å². The standard InChI is InChI=1S/C22H28FN6OP/c1-14-3-5-24-19(9-14)26-20-11-18(25-22(27-20)29-7-8-31(23)13-29)16-4-6-28(12-16)21(30)17-10-15(17)2/h3,5,9,11,15-17H,4,6-8,10,12-13H2,1-2H3,(H,24,25,26,27). The van der Waals surface area contributed by atoms with E-state index in [1.807, 2.05) is 34.9 Å². The predicted molar refractivity (Wildman–Crippen MR) is 121 cm³/mol. The molecule has 164 valence electrons. The van der Waals surface area contributed by atoms with E-state index >= 15 is 0 Å². The van der Waals surface area contributed by atoms with Gasteiger partial charge in [0.25, 0.3) is 0 Å². The number of nitrogens with zero attached hydrogens (tertiary/aromatic N) is 5. The number of carbonyl (C=O) groups is 1. The lowest BCUT2D eigenvalue weighted by atomic mass is 10.0. The molecule has 4 heterocycles. The molecule has 0 bridgehead atoms. The van der Waals surface area contributed by atoms with E-state index in [9.17, 15) is 8.99 Å². The van der Waals surface area contributed by atoms with Crippen LogP contribution in [0.4, 0.5) is 21.8 Å². The Hall–Kier alpha value is -2.34. The molecule has 2 aromatic rings. The Bertz CT molecular complexity index is 990. The van der Waals surface area contributed by atoms with Crippen molar-refractivity contribution in [3.8, 4) is 0 Å². The number of aromatic nitrogens is 3. The highest BCUT2D eigenvalue weighted by Crippen LogP contribution is 2.44. The van der Waals surface area contributed by atoms with Crippen LogP contribution in [-0.4, -0.2) is 57.8 Å². The van der Waals surface area contributed by atoms with Gasteiger partial charge in [0.15, 0.2) is 0 Å². The minimum Gasteiger partial charge on any atom is -0.342 e. The van der Waals surface area contributed by atoms with Crippen molar-refractivity contribution in [2.24, 2.45) is 11.8 Å². The Balaban J connectivity index is 1.40. The number of pyridine rings is 1. The lowest BCUT2D eigenvalue weighted by molar-refractivity contribution is -0.131. The number of amides is 1. The van der Waals surface area contributed by atoms with Crippen molar-refractivity contribution >= 4 is 31.7 Å². The molecule has 3 aliphatic rings. The van der Waals surface area contributed by atoms with Crippen LogP contribution >= 0.6 is 8.23 Å². The molecule has 1 N–H and O–H groups in total. The third-order valence-electron chi connectivity index (χ3n) is 6.47. The molecule has 0 spiro atoms. The van der Waals surface area contributed by atoms with Crippen molar-refractivity contribution in [3.05, 3.63) is 35.7 Å². The second-order valence-corrected chi connectivity index (χ2v) is 10.7. The fraction of sp³-hybridized carbons (Fsp3) is 0.545. The fourth-order valence-electron chi connectivity index (χ4n) is 4.42. The van der Waals surface area contributed by atoms with Gasteiger partial charge in [0.05, 0.1) is 12.0 Å². The van der Waals surface area contributed by atoms with Crippen molar-refractivity contribution in [2.45, 2.75) is 32.6 Å². The van der Waals surface area contributed by atoms with Crippen LogP contribution in [0, 0.1) is 18.8 Å². The molecule has 3 fully saturated rings. The average molecular weight is 442 g/mol. The first-order valence-electron chi connectivity index (χ1n) is 11.0. The predicted octanol–water partition coefficient (Wildman–Crippen LogP) is 4.04. The van der Waals surface area contributed by atoms with Gasteiger partial charge in [-0.05, 0) is 43.4 Å². The van der Waals surface area contributed by atoms with Gasteiger partial charge in [-0.1, -0.05) is 6.92 Å². The van der Waals surface area contributed by atoms with Gasteiger partial charge in [0.2, 0.25) is 11.9 Å². The van der Waals surface area contributed by atoms with Crippen LogP contribution in [0.3, 0.4) is 0 Å².